The van der Waals surface area contributed by atoms with Crippen LogP contribution in [0.2, 0.25) is 5.02 Å². The Morgan fingerprint density at radius 1 is 1.00 bits per heavy atom. The first kappa shape index (κ1) is 22.4. The smallest absolute Gasteiger partial charge is 0.326 e. The number of hydrogen-bond donors (Lipinski definition) is 1. The molecule has 33 heavy (non-hydrogen) atoms. The monoisotopic (exact) mass is 464 g/mol. The van der Waals surface area contributed by atoms with Gasteiger partial charge in [-0.25, -0.2) is 0 Å². The second-order valence-electron chi connectivity index (χ2n) is 7.42. The Morgan fingerprint density at radius 2 is 1.61 bits per heavy atom. The molecule has 0 saturated carbocycles. The quantitative estimate of drug-likeness (QED) is 0.338. The minimum absolute atomic E-state index is 0.103. The minimum atomic E-state index is -1.07. The van der Waals surface area contributed by atoms with E-state index in [0.29, 0.717) is 38.3 Å². The molecule has 1 aromatic heterocycles. The molecule has 0 aliphatic rings. The van der Waals surface area contributed by atoms with Crippen LogP contribution in [0.25, 0.3) is 21.8 Å². The van der Waals surface area contributed by atoms with E-state index in [-0.39, 0.29) is 12.0 Å². The Bertz CT molecular complexity index is 1370. The summed E-state index contributed by atoms with van der Waals surface area (Å²) < 4.78 is 12.3. The summed E-state index contributed by atoms with van der Waals surface area (Å²) in [5, 5.41) is 4.09. The Morgan fingerprint density at radius 3 is 2.21 bits per heavy atom. The highest BCUT2D eigenvalue weighted by molar-refractivity contribution is 6.31. The van der Waals surface area contributed by atoms with E-state index in [9.17, 15) is 14.4 Å². The maximum absolute atomic E-state index is 12.8. The number of benzene rings is 3. The number of nitrogens with zero attached hydrogens (tertiary/aromatic N) is 1. The molecule has 7 nitrogen and oxygen atoms in total. The van der Waals surface area contributed by atoms with Gasteiger partial charge >= 0.3 is 5.97 Å². The molecule has 3 aromatic carbocycles. The fraction of sp³-hybridized carbons (Fsp3) is 0.160. The Labute approximate surface area is 194 Å². The van der Waals surface area contributed by atoms with Crippen molar-refractivity contribution in [3.05, 3.63) is 82.0 Å². The van der Waals surface area contributed by atoms with Crippen molar-refractivity contribution in [1.29, 1.82) is 0 Å². The lowest BCUT2D eigenvalue weighted by Crippen LogP contribution is -2.31. The van der Waals surface area contributed by atoms with Gasteiger partial charge in [-0.15, -0.1) is 0 Å². The van der Waals surface area contributed by atoms with Crippen molar-refractivity contribution >= 4 is 51.0 Å². The summed E-state index contributed by atoms with van der Waals surface area (Å²) in [6, 6.07) is 19.0. The first-order valence-corrected chi connectivity index (χ1v) is 10.6. The number of fused-ring (bicyclic) bond motifs is 2. The number of amides is 1. The Balaban J connectivity index is 1.57. The Hall–Kier alpha value is -3.84. The fourth-order valence-electron chi connectivity index (χ4n) is 3.68. The number of hydrogen-bond acceptors (Lipinski definition) is 5. The van der Waals surface area contributed by atoms with Crippen molar-refractivity contribution < 1.29 is 19.1 Å². The van der Waals surface area contributed by atoms with Crippen molar-refractivity contribution in [3.63, 3.8) is 0 Å². The molecule has 0 radical (unpaired) electrons. The van der Waals surface area contributed by atoms with Crippen molar-refractivity contribution in [2.75, 3.05) is 12.4 Å². The van der Waals surface area contributed by atoms with E-state index in [2.05, 4.69) is 5.32 Å². The number of pyridine rings is 1. The van der Waals surface area contributed by atoms with E-state index in [1.165, 1.54) is 14.0 Å². The largest absolute Gasteiger partial charge is 0.495 e. The van der Waals surface area contributed by atoms with E-state index in [4.69, 9.17) is 21.1 Å². The number of carbonyl (C=O) groups is 2. The van der Waals surface area contributed by atoms with Gasteiger partial charge < -0.3 is 19.4 Å². The highest BCUT2D eigenvalue weighted by Crippen LogP contribution is 2.28. The molecule has 168 valence electrons. The molecular weight excluding hydrogens is 444 g/mol. The van der Waals surface area contributed by atoms with Crippen LogP contribution in [0.4, 0.5) is 5.69 Å². The van der Waals surface area contributed by atoms with Gasteiger partial charge in [-0.3, -0.25) is 14.4 Å². The third-order valence-corrected chi connectivity index (χ3v) is 5.50. The van der Waals surface area contributed by atoms with E-state index in [1.807, 2.05) is 0 Å². The molecule has 4 rings (SSSR count). The number of anilines is 1. The van der Waals surface area contributed by atoms with Crippen LogP contribution in [0, 0.1) is 0 Å². The van der Waals surface area contributed by atoms with Crippen molar-refractivity contribution in [1.82, 2.24) is 4.57 Å². The molecule has 1 unspecified atom stereocenters. The lowest BCUT2D eigenvalue weighted by atomic mass is 10.1. The molecule has 1 atom stereocenters. The van der Waals surface area contributed by atoms with E-state index < -0.39 is 18.0 Å². The molecule has 1 amide bonds. The topological polar surface area (TPSA) is 86.6 Å². The maximum Gasteiger partial charge on any atom is 0.326 e. The zero-order valence-electron chi connectivity index (χ0n) is 18.0. The van der Waals surface area contributed by atoms with Gasteiger partial charge in [0.05, 0.1) is 23.8 Å². The first-order chi connectivity index (χ1) is 15.9. The second-order valence-corrected chi connectivity index (χ2v) is 7.85. The SMILES string of the molecule is COc1ccc(Cl)cc1NC(=O)C(C)OC(=O)Cn1c2ccccc2c(=O)c2ccccc21. The average molecular weight is 465 g/mol. The summed E-state index contributed by atoms with van der Waals surface area (Å²) in [4.78, 5) is 38.2. The van der Waals surface area contributed by atoms with Gasteiger partial charge in [0.25, 0.3) is 5.91 Å². The van der Waals surface area contributed by atoms with Crippen LogP contribution in [0.5, 0.6) is 5.75 Å². The average Bonchev–Trinajstić information content (AvgIpc) is 2.82. The number of rotatable bonds is 6. The molecule has 0 saturated heterocycles. The van der Waals surface area contributed by atoms with Gasteiger partial charge in [0, 0.05) is 15.8 Å². The van der Waals surface area contributed by atoms with Gasteiger partial charge in [-0.1, -0.05) is 35.9 Å². The highest BCUT2D eigenvalue weighted by atomic mass is 35.5. The molecule has 0 aliphatic heterocycles. The molecular formula is C25H21ClN2O5. The Kier molecular flexibility index (Phi) is 6.33. The summed E-state index contributed by atoms with van der Waals surface area (Å²) in [6.07, 6.45) is -1.07. The molecule has 8 heteroatoms. The molecule has 4 aromatic rings. The van der Waals surface area contributed by atoms with Crippen LogP contribution in [-0.2, 0) is 20.9 Å². The summed E-state index contributed by atoms with van der Waals surface area (Å²) in [5.41, 5.74) is 1.49. The zero-order valence-corrected chi connectivity index (χ0v) is 18.8. The lowest BCUT2D eigenvalue weighted by molar-refractivity contribution is -0.153. The number of aromatic nitrogens is 1. The zero-order chi connectivity index (χ0) is 23.5. The number of para-hydroxylation sites is 2. The minimum Gasteiger partial charge on any atom is -0.495 e. The van der Waals surface area contributed by atoms with Gasteiger partial charge in [-0.05, 0) is 49.4 Å². The highest BCUT2D eigenvalue weighted by Gasteiger charge is 2.21. The van der Waals surface area contributed by atoms with Gasteiger partial charge in [-0.2, -0.15) is 0 Å². The second kappa shape index (κ2) is 9.34. The predicted molar refractivity (Wildman–Crippen MR) is 128 cm³/mol. The van der Waals surface area contributed by atoms with Gasteiger partial charge in [0.1, 0.15) is 12.3 Å². The van der Waals surface area contributed by atoms with Crippen LogP contribution >= 0.6 is 11.6 Å². The van der Waals surface area contributed by atoms with E-state index in [0.717, 1.165) is 0 Å². The molecule has 0 bridgehead atoms. The van der Waals surface area contributed by atoms with Crippen molar-refractivity contribution in [2.45, 2.75) is 19.6 Å². The van der Waals surface area contributed by atoms with Crippen LogP contribution in [0.1, 0.15) is 6.92 Å². The summed E-state index contributed by atoms with van der Waals surface area (Å²) in [7, 11) is 1.47. The standard InChI is InChI=1S/C25H21ClN2O5/c1-15(25(31)27-19-13-16(26)11-12-22(19)32-2)33-23(29)14-28-20-9-5-3-7-17(20)24(30)18-8-4-6-10-21(18)28/h3-13,15H,14H2,1-2H3,(H,27,31). The van der Waals surface area contributed by atoms with Crippen molar-refractivity contribution in [2.24, 2.45) is 0 Å². The van der Waals surface area contributed by atoms with Crippen LogP contribution in [-0.4, -0.2) is 29.7 Å². The number of nitrogens with one attached hydrogen (secondary N) is 1. The summed E-state index contributed by atoms with van der Waals surface area (Å²) in [6.45, 7) is 1.31. The maximum atomic E-state index is 12.8. The van der Waals surface area contributed by atoms with E-state index >= 15 is 0 Å². The number of methoxy groups -OCH3 is 1. The molecule has 0 aliphatic carbocycles. The number of carbonyl (C=O) groups excluding carboxylic acids is 2. The van der Waals surface area contributed by atoms with Crippen LogP contribution < -0.4 is 15.5 Å². The first-order valence-electron chi connectivity index (χ1n) is 10.2. The number of esters is 1. The van der Waals surface area contributed by atoms with E-state index in [1.54, 1.807) is 71.3 Å². The predicted octanol–water partition coefficient (Wildman–Crippen LogP) is 4.39. The van der Waals surface area contributed by atoms with Crippen LogP contribution in [0.15, 0.2) is 71.5 Å². The van der Waals surface area contributed by atoms with Crippen molar-refractivity contribution in [3.8, 4) is 5.75 Å². The van der Waals surface area contributed by atoms with Gasteiger partial charge in [0.2, 0.25) is 0 Å². The fourth-order valence-corrected chi connectivity index (χ4v) is 3.85. The van der Waals surface area contributed by atoms with Crippen LogP contribution in [0.3, 0.4) is 0 Å². The molecule has 1 heterocycles. The third kappa shape index (κ3) is 4.54. The normalized spacial score (nSPS) is 11.8. The number of halogens is 1. The lowest BCUT2D eigenvalue weighted by Gasteiger charge is -2.18. The molecule has 0 fully saturated rings. The summed E-state index contributed by atoms with van der Waals surface area (Å²) >= 11 is 6.00. The number of ether oxygens (including phenoxy) is 2. The van der Waals surface area contributed by atoms with Gasteiger partial charge in [0.15, 0.2) is 11.5 Å². The third-order valence-electron chi connectivity index (χ3n) is 5.26. The molecule has 1 N–H and O–H groups in total. The summed E-state index contributed by atoms with van der Waals surface area (Å²) in [5.74, 6) is -0.717. The molecule has 0 spiro atoms.